The molecule has 0 unspecified atom stereocenters. The molecule has 16 heavy (non-hydrogen) atoms. The summed E-state index contributed by atoms with van der Waals surface area (Å²) in [5.41, 5.74) is 4.64. The van der Waals surface area contributed by atoms with E-state index in [2.05, 4.69) is 5.32 Å². The molecule has 5 heteroatoms. The van der Waals surface area contributed by atoms with E-state index in [1.807, 2.05) is 20.8 Å². The van der Waals surface area contributed by atoms with Crippen LogP contribution in [-0.2, 0) is 9.59 Å². The van der Waals surface area contributed by atoms with E-state index in [1.54, 1.807) is 13.8 Å². The molecular weight excluding hydrogens is 208 g/mol. The average molecular weight is 230 g/mol. The Morgan fingerprint density at radius 1 is 1.25 bits per heavy atom. The maximum atomic E-state index is 11.8. The van der Waals surface area contributed by atoms with E-state index >= 15 is 0 Å². The molecule has 1 atom stereocenters. The maximum absolute atomic E-state index is 11.8. The molecule has 1 amide bonds. The van der Waals surface area contributed by atoms with E-state index in [0.717, 1.165) is 0 Å². The van der Waals surface area contributed by atoms with Crippen molar-refractivity contribution in [1.82, 2.24) is 5.32 Å². The van der Waals surface area contributed by atoms with Crippen molar-refractivity contribution in [3.8, 4) is 0 Å². The minimum atomic E-state index is -0.949. The summed E-state index contributed by atoms with van der Waals surface area (Å²) in [6, 6.07) is -0.652. The van der Waals surface area contributed by atoms with Gasteiger partial charge < -0.3 is 16.2 Å². The lowest BCUT2D eigenvalue weighted by atomic mass is 9.86. The minimum absolute atomic E-state index is 0.129. The summed E-state index contributed by atoms with van der Waals surface area (Å²) in [7, 11) is 0. The lowest BCUT2D eigenvalue weighted by molar-refractivity contribution is -0.138. The number of rotatable bonds is 4. The Morgan fingerprint density at radius 2 is 1.69 bits per heavy atom. The monoisotopic (exact) mass is 230 g/mol. The van der Waals surface area contributed by atoms with Gasteiger partial charge in [0.2, 0.25) is 5.91 Å². The van der Waals surface area contributed by atoms with Crippen LogP contribution >= 0.6 is 0 Å². The van der Waals surface area contributed by atoms with Gasteiger partial charge >= 0.3 is 5.97 Å². The molecule has 0 aromatic rings. The molecule has 0 heterocycles. The van der Waals surface area contributed by atoms with Crippen LogP contribution < -0.4 is 11.1 Å². The maximum Gasteiger partial charge on any atom is 0.305 e. The first kappa shape index (κ1) is 14.9. The van der Waals surface area contributed by atoms with Crippen LogP contribution in [0, 0.1) is 5.41 Å². The van der Waals surface area contributed by atoms with Gasteiger partial charge in [-0.1, -0.05) is 20.8 Å². The number of nitrogens with one attached hydrogen (secondary N) is 1. The Balaban J connectivity index is 4.50. The predicted molar refractivity (Wildman–Crippen MR) is 61.9 cm³/mol. The fourth-order valence-corrected chi connectivity index (χ4v) is 1.23. The second-order valence-corrected chi connectivity index (χ2v) is 5.79. The second-order valence-electron chi connectivity index (χ2n) is 5.79. The lowest BCUT2D eigenvalue weighted by Gasteiger charge is -2.31. The highest BCUT2D eigenvalue weighted by Gasteiger charge is 2.32. The standard InChI is InChI=1S/C11H22N2O3/c1-10(2,3)8(12)9(16)13-11(4,5)6-7(14)15/h8H,6,12H2,1-5H3,(H,13,16)(H,14,15)/t8-/m0/s1. The molecule has 0 aliphatic heterocycles. The molecule has 0 fully saturated rings. The Bertz CT molecular complexity index is 279. The Labute approximate surface area is 96.4 Å². The van der Waals surface area contributed by atoms with E-state index in [9.17, 15) is 9.59 Å². The van der Waals surface area contributed by atoms with Gasteiger partial charge in [-0.2, -0.15) is 0 Å². The Morgan fingerprint density at radius 3 is 2.00 bits per heavy atom. The number of carboxylic acids is 1. The fraction of sp³-hybridized carbons (Fsp3) is 0.818. The summed E-state index contributed by atoms with van der Waals surface area (Å²) in [6.45, 7) is 8.91. The van der Waals surface area contributed by atoms with Gasteiger partial charge in [0, 0.05) is 5.54 Å². The van der Waals surface area contributed by atoms with Crippen molar-refractivity contribution in [3.05, 3.63) is 0 Å². The van der Waals surface area contributed by atoms with Crippen LogP contribution in [0.25, 0.3) is 0 Å². The molecule has 0 aliphatic rings. The quantitative estimate of drug-likeness (QED) is 0.663. The first-order chi connectivity index (χ1) is 6.96. The van der Waals surface area contributed by atoms with Crippen molar-refractivity contribution >= 4 is 11.9 Å². The summed E-state index contributed by atoms with van der Waals surface area (Å²) in [5, 5.41) is 11.3. The van der Waals surface area contributed by atoms with Gasteiger partial charge in [-0.25, -0.2) is 0 Å². The van der Waals surface area contributed by atoms with E-state index < -0.39 is 17.6 Å². The molecule has 0 spiro atoms. The van der Waals surface area contributed by atoms with E-state index in [-0.39, 0.29) is 17.7 Å². The summed E-state index contributed by atoms with van der Waals surface area (Å²) < 4.78 is 0. The van der Waals surface area contributed by atoms with Gasteiger partial charge in [-0.3, -0.25) is 9.59 Å². The Kier molecular flexibility index (Phi) is 4.49. The number of hydrogen-bond donors (Lipinski definition) is 3. The topological polar surface area (TPSA) is 92.4 Å². The first-order valence-corrected chi connectivity index (χ1v) is 5.25. The highest BCUT2D eigenvalue weighted by atomic mass is 16.4. The van der Waals surface area contributed by atoms with Crippen LogP contribution in [0.15, 0.2) is 0 Å². The zero-order valence-electron chi connectivity index (χ0n) is 10.6. The number of carbonyl (C=O) groups is 2. The van der Waals surface area contributed by atoms with Gasteiger partial charge in [-0.15, -0.1) is 0 Å². The first-order valence-electron chi connectivity index (χ1n) is 5.25. The molecule has 0 aromatic carbocycles. The van der Waals surface area contributed by atoms with Crippen molar-refractivity contribution < 1.29 is 14.7 Å². The van der Waals surface area contributed by atoms with E-state index in [4.69, 9.17) is 10.8 Å². The van der Waals surface area contributed by atoms with Crippen molar-refractivity contribution in [2.75, 3.05) is 0 Å². The van der Waals surface area contributed by atoms with Crippen LogP contribution in [0.1, 0.15) is 41.0 Å². The molecule has 0 bridgehead atoms. The summed E-state index contributed by atoms with van der Waals surface area (Å²) in [4.78, 5) is 22.3. The molecule has 5 nitrogen and oxygen atoms in total. The zero-order chi connectivity index (χ0) is 13.1. The number of carbonyl (C=O) groups excluding carboxylic acids is 1. The summed E-state index contributed by atoms with van der Waals surface area (Å²) >= 11 is 0. The van der Waals surface area contributed by atoms with Crippen molar-refractivity contribution in [3.63, 3.8) is 0 Å². The van der Waals surface area contributed by atoms with Crippen LogP contribution in [0.2, 0.25) is 0 Å². The largest absolute Gasteiger partial charge is 0.481 e. The highest BCUT2D eigenvalue weighted by molar-refractivity contribution is 5.83. The molecule has 4 N–H and O–H groups in total. The number of amides is 1. The van der Waals surface area contributed by atoms with Gasteiger partial charge in [0.15, 0.2) is 0 Å². The van der Waals surface area contributed by atoms with Gasteiger partial charge in [0.25, 0.3) is 0 Å². The van der Waals surface area contributed by atoms with Crippen molar-refractivity contribution in [1.29, 1.82) is 0 Å². The summed E-state index contributed by atoms with van der Waals surface area (Å²) in [6.07, 6.45) is -0.129. The summed E-state index contributed by atoms with van der Waals surface area (Å²) in [5.74, 6) is -1.27. The van der Waals surface area contributed by atoms with Crippen LogP contribution in [0.4, 0.5) is 0 Å². The molecular formula is C11H22N2O3. The fourth-order valence-electron chi connectivity index (χ4n) is 1.23. The number of carboxylic acid groups (broad SMARTS) is 1. The number of aliphatic carboxylic acids is 1. The average Bonchev–Trinajstić information content (AvgIpc) is 1.97. The molecule has 94 valence electrons. The molecule has 0 aliphatic carbocycles. The molecule has 0 saturated heterocycles. The lowest BCUT2D eigenvalue weighted by Crippen LogP contribution is -2.55. The van der Waals surface area contributed by atoms with Crippen LogP contribution in [0.5, 0.6) is 0 Å². The normalized spacial score (nSPS) is 14.4. The third kappa shape index (κ3) is 5.11. The second kappa shape index (κ2) is 4.82. The third-order valence-corrected chi connectivity index (χ3v) is 2.27. The van der Waals surface area contributed by atoms with Gasteiger partial charge in [0.1, 0.15) is 0 Å². The van der Waals surface area contributed by atoms with Crippen LogP contribution in [0.3, 0.4) is 0 Å². The van der Waals surface area contributed by atoms with Crippen molar-refractivity contribution in [2.45, 2.75) is 52.6 Å². The van der Waals surface area contributed by atoms with E-state index in [0.29, 0.717) is 0 Å². The number of hydrogen-bond acceptors (Lipinski definition) is 3. The molecule has 0 radical (unpaired) electrons. The SMILES string of the molecule is CC(C)(CC(=O)O)NC(=O)[C@H](N)C(C)(C)C. The van der Waals surface area contributed by atoms with Gasteiger partial charge in [-0.05, 0) is 19.3 Å². The zero-order valence-corrected chi connectivity index (χ0v) is 10.6. The minimum Gasteiger partial charge on any atom is -0.481 e. The molecule has 0 saturated carbocycles. The van der Waals surface area contributed by atoms with Gasteiger partial charge in [0.05, 0.1) is 12.5 Å². The predicted octanol–water partition coefficient (Wildman–Crippen LogP) is 0.729. The molecule has 0 rings (SSSR count). The number of nitrogens with two attached hydrogens (primary N) is 1. The Hall–Kier alpha value is -1.10. The van der Waals surface area contributed by atoms with E-state index in [1.165, 1.54) is 0 Å². The molecule has 0 aromatic heterocycles. The van der Waals surface area contributed by atoms with Crippen LogP contribution in [-0.4, -0.2) is 28.6 Å². The third-order valence-electron chi connectivity index (χ3n) is 2.27. The smallest absolute Gasteiger partial charge is 0.305 e. The highest BCUT2D eigenvalue weighted by Crippen LogP contribution is 2.18. The van der Waals surface area contributed by atoms with Crippen molar-refractivity contribution in [2.24, 2.45) is 11.1 Å².